The molecule has 0 bridgehead atoms. The van der Waals surface area contributed by atoms with E-state index in [1.54, 1.807) is 17.0 Å². The van der Waals surface area contributed by atoms with Crippen molar-refractivity contribution < 1.29 is 13.9 Å². The average molecular weight is 409 g/mol. The number of allylic oxidation sites excluding steroid dienone is 1. The fourth-order valence-corrected chi connectivity index (χ4v) is 4.79. The fraction of sp³-hybridized carbons (Fsp3) is 0.273. The second kappa shape index (κ2) is 8.18. The molecule has 5 nitrogen and oxygen atoms in total. The third kappa shape index (κ3) is 3.81. The summed E-state index contributed by atoms with van der Waals surface area (Å²) >= 11 is 1.47. The van der Waals surface area contributed by atoms with Crippen molar-refractivity contribution in [2.75, 3.05) is 24.1 Å². The van der Waals surface area contributed by atoms with E-state index >= 15 is 0 Å². The number of nitriles is 1. The maximum Gasteiger partial charge on any atom is 0.229 e. The zero-order valence-electron chi connectivity index (χ0n) is 16.0. The standard InChI is InChI=1S/C22H20FN3O2S/c1-2-28-18-9-3-15(4-10-18)19-11-21(27)26-13-25(14-29-22(26)20(19)12-24)17-7-5-16(23)6-8-17/h3-10,19H,2,11,13-14H2,1H3. The molecule has 1 amide bonds. The van der Waals surface area contributed by atoms with E-state index in [4.69, 9.17) is 4.74 Å². The molecule has 7 heteroatoms. The van der Waals surface area contributed by atoms with Crippen molar-refractivity contribution in [3.05, 3.63) is 70.5 Å². The SMILES string of the molecule is CCOc1ccc(C2CC(=O)N3CN(c4ccc(F)cc4)CSC3=C2C#N)cc1. The van der Waals surface area contributed by atoms with Gasteiger partial charge in [0.25, 0.3) is 0 Å². The van der Waals surface area contributed by atoms with Gasteiger partial charge in [-0.1, -0.05) is 23.9 Å². The highest BCUT2D eigenvalue weighted by molar-refractivity contribution is 8.03. The normalized spacial score (nSPS) is 19.1. The fourth-order valence-electron chi connectivity index (χ4n) is 3.63. The van der Waals surface area contributed by atoms with Crippen LogP contribution in [0.4, 0.5) is 10.1 Å². The van der Waals surface area contributed by atoms with Gasteiger partial charge >= 0.3 is 0 Å². The van der Waals surface area contributed by atoms with Gasteiger partial charge in [0, 0.05) is 18.0 Å². The van der Waals surface area contributed by atoms with Crippen LogP contribution in [0.5, 0.6) is 5.75 Å². The molecule has 2 heterocycles. The van der Waals surface area contributed by atoms with Gasteiger partial charge in [-0.2, -0.15) is 5.26 Å². The van der Waals surface area contributed by atoms with Crippen molar-refractivity contribution in [2.45, 2.75) is 19.3 Å². The van der Waals surface area contributed by atoms with Gasteiger partial charge in [-0.3, -0.25) is 9.69 Å². The molecule has 2 aliphatic heterocycles. The molecule has 0 N–H and O–H groups in total. The van der Waals surface area contributed by atoms with Gasteiger partial charge in [0.05, 0.1) is 35.8 Å². The number of nitrogens with zero attached hydrogens (tertiary/aromatic N) is 3. The Morgan fingerprint density at radius 2 is 1.93 bits per heavy atom. The molecular weight excluding hydrogens is 389 g/mol. The predicted octanol–water partition coefficient (Wildman–Crippen LogP) is 4.44. The lowest BCUT2D eigenvalue weighted by atomic mass is 9.86. The number of amides is 1. The Kier molecular flexibility index (Phi) is 5.45. The summed E-state index contributed by atoms with van der Waals surface area (Å²) in [6.07, 6.45) is 0.248. The second-order valence-corrected chi connectivity index (χ2v) is 7.78. The topological polar surface area (TPSA) is 56.6 Å². The van der Waals surface area contributed by atoms with E-state index in [2.05, 4.69) is 6.07 Å². The number of carbonyl (C=O) groups is 1. The number of ether oxygens (including phenoxy) is 1. The quantitative estimate of drug-likeness (QED) is 0.747. The minimum atomic E-state index is -0.294. The Hall–Kier alpha value is -2.98. The van der Waals surface area contributed by atoms with Crippen molar-refractivity contribution in [3.63, 3.8) is 0 Å². The first-order valence-corrected chi connectivity index (χ1v) is 10.4. The van der Waals surface area contributed by atoms with E-state index in [1.807, 2.05) is 36.1 Å². The molecule has 0 aliphatic carbocycles. The first-order valence-electron chi connectivity index (χ1n) is 9.41. The lowest BCUT2D eigenvalue weighted by Gasteiger charge is -2.42. The molecule has 29 heavy (non-hydrogen) atoms. The molecule has 148 valence electrons. The number of benzene rings is 2. The van der Waals surface area contributed by atoms with Gasteiger partial charge in [0.15, 0.2) is 0 Å². The predicted molar refractivity (Wildman–Crippen MR) is 111 cm³/mol. The van der Waals surface area contributed by atoms with Crippen LogP contribution < -0.4 is 9.64 Å². The molecule has 1 saturated heterocycles. The smallest absolute Gasteiger partial charge is 0.229 e. The van der Waals surface area contributed by atoms with E-state index in [9.17, 15) is 14.4 Å². The highest BCUT2D eigenvalue weighted by Crippen LogP contribution is 2.43. The van der Waals surface area contributed by atoms with Gasteiger partial charge < -0.3 is 9.64 Å². The number of hydrogen-bond acceptors (Lipinski definition) is 5. The van der Waals surface area contributed by atoms with Crippen LogP contribution in [0.2, 0.25) is 0 Å². The Labute approximate surface area is 173 Å². The molecule has 1 atom stereocenters. The Bertz CT molecular complexity index is 983. The molecule has 0 saturated carbocycles. The first kappa shape index (κ1) is 19.3. The summed E-state index contributed by atoms with van der Waals surface area (Å²) in [5, 5.41) is 10.6. The first-order chi connectivity index (χ1) is 14.1. The van der Waals surface area contributed by atoms with Crippen LogP contribution in [0.25, 0.3) is 0 Å². The minimum absolute atomic E-state index is 0.0165. The second-order valence-electron chi connectivity index (χ2n) is 6.84. The summed E-state index contributed by atoms with van der Waals surface area (Å²) in [6.45, 7) is 2.87. The van der Waals surface area contributed by atoms with Crippen LogP contribution in [0.15, 0.2) is 59.1 Å². The molecule has 0 aromatic heterocycles. The third-order valence-corrected chi connectivity index (χ3v) is 6.23. The molecule has 2 aromatic rings. The van der Waals surface area contributed by atoms with E-state index in [-0.39, 0.29) is 24.1 Å². The van der Waals surface area contributed by atoms with Crippen molar-refractivity contribution >= 4 is 23.4 Å². The maximum absolute atomic E-state index is 13.2. The van der Waals surface area contributed by atoms with E-state index in [1.165, 1.54) is 23.9 Å². The van der Waals surface area contributed by atoms with E-state index in [0.29, 0.717) is 24.7 Å². The molecular formula is C22H20FN3O2S. The number of fused-ring (bicyclic) bond motifs is 1. The van der Waals surface area contributed by atoms with Crippen molar-refractivity contribution in [1.29, 1.82) is 5.26 Å². The largest absolute Gasteiger partial charge is 0.494 e. The van der Waals surface area contributed by atoms with Gasteiger partial charge in [-0.25, -0.2) is 4.39 Å². The molecule has 0 radical (unpaired) electrons. The molecule has 1 unspecified atom stereocenters. The number of thioether (sulfide) groups is 1. The van der Waals surface area contributed by atoms with Crippen molar-refractivity contribution in [2.24, 2.45) is 0 Å². The van der Waals surface area contributed by atoms with Gasteiger partial charge in [-0.15, -0.1) is 0 Å². The van der Waals surface area contributed by atoms with Crippen LogP contribution in [0, 0.1) is 17.1 Å². The molecule has 1 fully saturated rings. The lowest BCUT2D eigenvalue weighted by molar-refractivity contribution is -0.129. The lowest BCUT2D eigenvalue weighted by Crippen LogP contribution is -2.47. The van der Waals surface area contributed by atoms with Crippen LogP contribution in [0.1, 0.15) is 24.8 Å². The van der Waals surface area contributed by atoms with Crippen molar-refractivity contribution in [1.82, 2.24) is 4.90 Å². The summed E-state index contributed by atoms with van der Waals surface area (Å²) in [6, 6.07) is 16.2. The van der Waals surface area contributed by atoms with Crippen LogP contribution in [-0.4, -0.2) is 30.0 Å². The molecule has 4 rings (SSSR count). The van der Waals surface area contributed by atoms with Crippen LogP contribution in [-0.2, 0) is 4.79 Å². The van der Waals surface area contributed by atoms with E-state index in [0.717, 1.165) is 22.0 Å². The Morgan fingerprint density at radius 1 is 1.21 bits per heavy atom. The highest BCUT2D eigenvalue weighted by Gasteiger charge is 2.38. The molecule has 2 aliphatic rings. The van der Waals surface area contributed by atoms with Gasteiger partial charge in [-0.05, 0) is 48.9 Å². The van der Waals surface area contributed by atoms with Gasteiger partial charge in [0.1, 0.15) is 11.6 Å². The summed E-state index contributed by atoms with van der Waals surface area (Å²) in [5.74, 6) is 0.800. The summed E-state index contributed by atoms with van der Waals surface area (Å²) in [5.41, 5.74) is 2.41. The summed E-state index contributed by atoms with van der Waals surface area (Å²) < 4.78 is 18.7. The van der Waals surface area contributed by atoms with Crippen molar-refractivity contribution in [3.8, 4) is 11.8 Å². The number of carbonyl (C=O) groups excluding carboxylic acids is 1. The van der Waals surface area contributed by atoms with Crippen LogP contribution >= 0.6 is 11.8 Å². The Balaban J connectivity index is 1.61. The van der Waals surface area contributed by atoms with Gasteiger partial charge in [0.2, 0.25) is 5.91 Å². The van der Waals surface area contributed by atoms with Crippen LogP contribution in [0.3, 0.4) is 0 Å². The summed E-state index contributed by atoms with van der Waals surface area (Å²) in [7, 11) is 0. The third-order valence-electron chi connectivity index (χ3n) is 5.08. The number of rotatable bonds is 4. The maximum atomic E-state index is 13.2. The Morgan fingerprint density at radius 3 is 2.59 bits per heavy atom. The van der Waals surface area contributed by atoms with E-state index < -0.39 is 0 Å². The molecule has 0 spiro atoms. The monoisotopic (exact) mass is 409 g/mol. The minimum Gasteiger partial charge on any atom is -0.494 e. The summed E-state index contributed by atoms with van der Waals surface area (Å²) in [4.78, 5) is 16.6. The number of anilines is 1. The average Bonchev–Trinajstić information content (AvgIpc) is 2.75. The zero-order chi connectivity index (χ0) is 20.4. The number of hydrogen-bond donors (Lipinski definition) is 0. The molecule has 2 aromatic carbocycles. The highest BCUT2D eigenvalue weighted by atomic mass is 32.2. The number of halogens is 1. The zero-order valence-corrected chi connectivity index (χ0v) is 16.8.